The predicted octanol–water partition coefficient (Wildman–Crippen LogP) is 5.21. The molecule has 0 unspecified atom stereocenters. The lowest BCUT2D eigenvalue weighted by atomic mass is 9.86. The van der Waals surface area contributed by atoms with Gasteiger partial charge in [0.1, 0.15) is 12.4 Å². The molecule has 3 aromatic rings. The standard InChI is InChI=1S/C28H33FN2O5S/c1-19(20-7-9-21(10-8-20)28(2,3)4)30-27(32)18-31(23-13-11-22(29)12-14-23)37(33,34)24-15-16-25(35-5)26(17-24)36-6/h7-17,19H,18H2,1-6H3,(H,30,32)/t19-/m1/s1. The molecule has 1 N–H and O–H groups in total. The third kappa shape index (κ3) is 6.60. The van der Waals surface area contributed by atoms with Crippen LogP contribution in [-0.4, -0.2) is 35.1 Å². The summed E-state index contributed by atoms with van der Waals surface area (Å²) in [5.41, 5.74) is 2.20. The second-order valence-electron chi connectivity index (χ2n) is 9.67. The lowest BCUT2D eigenvalue weighted by Gasteiger charge is -2.25. The Balaban J connectivity index is 1.89. The van der Waals surface area contributed by atoms with Crippen molar-refractivity contribution in [2.24, 2.45) is 0 Å². The van der Waals surface area contributed by atoms with Gasteiger partial charge in [-0.2, -0.15) is 0 Å². The number of nitrogens with zero attached hydrogens (tertiary/aromatic N) is 1. The number of benzene rings is 3. The minimum Gasteiger partial charge on any atom is -0.493 e. The minimum absolute atomic E-state index is 0.000821. The first-order valence-corrected chi connectivity index (χ1v) is 13.2. The topological polar surface area (TPSA) is 84.9 Å². The molecule has 9 heteroatoms. The fourth-order valence-electron chi connectivity index (χ4n) is 3.80. The highest BCUT2D eigenvalue weighted by Crippen LogP contribution is 2.32. The zero-order chi connectivity index (χ0) is 27.4. The second kappa shape index (κ2) is 11.2. The molecule has 0 radical (unpaired) electrons. The monoisotopic (exact) mass is 528 g/mol. The average molecular weight is 529 g/mol. The van der Waals surface area contributed by atoms with E-state index in [2.05, 4.69) is 26.1 Å². The summed E-state index contributed by atoms with van der Waals surface area (Å²) in [5.74, 6) is -0.456. The molecule has 0 spiro atoms. The number of sulfonamides is 1. The molecule has 198 valence electrons. The van der Waals surface area contributed by atoms with Gasteiger partial charge in [0.25, 0.3) is 10.0 Å². The summed E-state index contributed by atoms with van der Waals surface area (Å²) in [6.07, 6.45) is 0. The van der Waals surface area contributed by atoms with Crippen LogP contribution in [0.3, 0.4) is 0 Å². The van der Waals surface area contributed by atoms with Crippen molar-refractivity contribution in [3.8, 4) is 11.5 Å². The summed E-state index contributed by atoms with van der Waals surface area (Å²) in [5, 5.41) is 2.87. The smallest absolute Gasteiger partial charge is 0.264 e. The van der Waals surface area contributed by atoms with E-state index in [0.717, 1.165) is 22.0 Å². The van der Waals surface area contributed by atoms with Gasteiger partial charge in [-0.25, -0.2) is 12.8 Å². The molecule has 3 aromatic carbocycles. The number of methoxy groups -OCH3 is 2. The number of nitrogens with one attached hydrogen (secondary N) is 1. The van der Waals surface area contributed by atoms with Gasteiger partial charge in [0.15, 0.2) is 11.5 Å². The molecule has 0 fully saturated rings. The molecule has 0 aromatic heterocycles. The van der Waals surface area contributed by atoms with E-state index >= 15 is 0 Å². The van der Waals surface area contributed by atoms with Crippen LogP contribution in [0.1, 0.15) is 44.9 Å². The zero-order valence-electron chi connectivity index (χ0n) is 21.9. The van der Waals surface area contributed by atoms with Crippen LogP contribution >= 0.6 is 0 Å². The first kappa shape index (κ1) is 28.0. The van der Waals surface area contributed by atoms with Crippen LogP contribution < -0.4 is 19.1 Å². The van der Waals surface area contributed by atoms with Crippen molar-refractivity contribution in [2.75, 3.05) is 25.1 Å². The molecule has 0 saturated carbocycles. The second-order valence-corrected chi connectivity index (χ2v) is 11.5. The molecular weight excluding hydrogens is 495 g/mol. The van der Waals surface area contributed by atoms with Gasteiger partial charge >= 0.3 is 0 Å². The molecule has 1 atom stereocenters. The molecule has 37 heavy (non-hydrogen) atoms. The van der Waals surface area contributed by atoms with E-state index in [1.165, 1.54) is 50.1 Å². The lowest BCUT2D eigenvalue weighted by Crippen LogP contribution is -2.41. The minimum atomic E-state index is -4.23. The van der Waals surface area contributed by atoms with Crippen molar-refractivity contribution in [2.45, 2.75) is 44.0 Å². The van der Waals surface area contributed by atoms with E-state index in [4.69, 9.17) is 9.47 Å². The molecule has 3 rings (SSSR count). The number of ether oxygens (including phenoxy) is 2. The van der Waals surface area contributed by atoms with Crippen molar-refractivity contribution in [1.29, 1.82) is 0 Å². The van der Waals surface area contributed by atoms with Crippen LogP contribution in [0.2, 0.25) is 0 Å². The number of hydrogen-bond acceptors (Lipinski definition) is 5. The van der Waals surface area contributed by atoms with E-state index in [1.807, 2.05) is 31.2 Å². The van der Waals surface area contributed by atoms with Crippen molar-refractivity contribution >= 4 is 21.6 Å². The number of amides is 1. The Hall–Kier alpha value is -3.59. The van der Waals surface area contributed by atoms with E-state index in [0.29, 0.717) is 5.75 Å². The highest BCUT2D eigenvalue weighted by Gasteiger charge is 2.29. The van der Waals surface area contributed by atoms with Crippen LogP contribution in [0.15, 0.2) is 71.6 Å². The SMILES string of the molecule is COc1ccc(S(=O)(=O)N(CC(=O)N[C@H](C)c2ccc(C(C)(C)C)cc2)c2ccc(F)cc2)cc1OC. The first-order chi connectivity index (χ1) is 17.4. The Kier molecular flexibility index (Phi) is 8.48. The Morgan fingerprint density at radius 2 is 1.54 bits per heavy atom. The van der Waals surface area contributed by atoms with Crippen LogP contribution in [-0.2, 0) is 20.2 Å². The van der Waals surface area contributed by atoms with Gasteiger partial charge < -0.3 is 14.8 Å². The van der Waals surface area contributed by atoms with Gasteiger partial charge in [-0.3, -0.25) is 9.10 Å². The fourth-order valence-corrected chi connectivity index (χ4v) is 5.24. The largest absolute Gasteiger partial charge is 0.493 e. The van der Waals surface area contributed by atoms with E-state index in [1.54, 1.807) is 0 Å². The molecule has 0 aliphatic heterocycles. The number of rotatable bonds is 9. The molecule has 0 aliphatic carbocycles. The molecular formula is C28H33FN2O5S. The summed E-state index contributed by atoms with van der Waals surface area (Å²) in [6.45, 7) is 7.68. The molecule has 1 amide bonds. The predicted molar refractivity (Wildman–Crippen MR) is 142 cm³/mol. The number of hydrogen-bond donors (Lipinski definition) is 1. The number of carbonyl (C=O) groups excluding carboxylic acids is 1. The highest BCUT2D eigenvalue weighted by atomic mass is 32.2. The van der Waals surface area contributed by atoms with Crippen molar-refractivity contribution in [1.82, 2.24) is 5.32 Å². The van der Waals surface area contributed by atoms with E-state index < -0.39 is 28.3 Å². The van der Waals surface area contributed by atoms with E-state index in [-0.39, 0.29) is 27.8 Å². The normalized spacial score (nSPS) is 12.5. The van der Waals surface area contributed by atoms with Crippen LogP contribution in [0.5, 0.6) is 11.5 Å². The van der Waals surface area contributed by atoms with Gasteiger partial charge in [-0.05, 0) is 59.9 Å². The number of carbonyl (C=O) groups is 1. The van der Waals surface area contributed by atoms with Crippen LogP contribution in [0.25, 0.3) is 0 Å². The van der Waals surface area contributed by atoms with Gasteiger partial charge in [-0.15, -0.1) is 0 Å². The molecule has 0 aliphatic rings. The Labute approximate surface area is 218 Å². The summed E-state index contributed by atoms with van der Waals surface area (Å²) in [6, 6.07) is 16.6. The summed E-state index contributed by atoms with van der Waals surface area (Å²) >= 11 is 0. The summed E-state index contributed by atoms with van der Waals surface area (Å²) in [4.78, 5) is 13.0. The third-order valence-corrected chi connectivity index (χ3v) is 7.77. The third-order valence-electron chi connectivity index (χ3n) is 6.00. The molecule has 0 bridgehead atoms. The fraction of sp³-hybridized carbons (Fsp3) is 0.321. The van der Waals surface area contributed by atoms with Crippen molar-refractivity contribution < 1.29 is 27.1 Å². The van der Waals surface area contributed by atoms with E-state index in [9.17, 15) is 17.6 Å². The summed E-state index contributed by atoms with van der Waals surface area (Å²) in [7, 11) is -1.39. The highest BCUT2D eigenvalue weighted by molar-refractivity contribution is 7.92. The van der Waals surface area contributed by atoms with Gasteiger partial charge in [0.05, 0.1) is 30.8 Å². The maximum atomic E-state index is 13.7. The zero-order valence-corrected chi connectivity index (χ0v) is 22.7. The van der Waals surface area contributed by atoms with Gasteiger partial charge in [-0.1, -0.05) is 45.0 Å². The quantitative estimate of drug-likeness (QED) is 0.412. The van der Waals surface area contributed by atoms with Crippen LogP contribution in [0.4, 0.5) is 10.1 Å². The Morgan fingerprint density at radius 3 is 2.08 bits per heavy atom. The maximum Gasteiger partial charge on any atom is 0.264 e. The Morgan fingerprint density at radius 1 is 0.946 bits per heavy atom. The van der Waals surface area contributed by atoms with Crippen LogP contribution in [0, 0.1) is 5.82 Å². The molecule has 0 heterocycles. The summed E-state index contributed by atoms with van der Waals surface area (Å²) < 4.78 is 52.3. The number of halogens is 1. The molecule has 7 nitrogen and oxygen atoms in total. The molecule has 0 saturated heterocycles. The Bertz CT molecular complexity index is 1330. The lowest BCUT2D eigenvalue weighted by molar-refractivity contribution is -0.120. The van der Waals surface area contributed by atoms with Gasteiger partial charge in [0.2, 0.25) is 5.91 Å². The van der Waals surface area contributed by atoms with Crippen molar-refractivity contribution in [3.63, 3.8) is 0 Å². The van der Waals surface area contributed by atoms with Gasteiger partial charge in [0, 0.05) is 6.07 Å². The average Bonchev–Trinajstić information content (AvgIpc) is 2.86. The number of anilines is 1. The van der Waals surface area contributed by atoms with Crippen molar-refractivity contribution in [3.05, 3.63) is 83.7 Å². The maximum absolute atomic E-state index is 13.7. The first-order valence-electron chi connectivity index (χ1n) is 11.8.